The van der Waals surface area contributed by atoms with Crippen LogP contribution in [0.2, 0.25) is 0 Å². The van der Waals surface area contributed by atoms with Gasteiger partial charge in [0, 0.05) is 0 Å². The van der Waals surface area contributed by atoms with Gasteiger partial charge in [0.2, 0.25) is 0 Å². The molecule has 0 spiro atoms. The van der Waals surface area contributed by atoms with Crippen LogP contribution < -0.4 is 5.73 Å². The first kappa shape index (κ1) is 25.4. The summed E-state index contributed by atoms with van der Waals surface area (Å²) >= 11 is 5.57. The number of halogens is 1. The highest BCUT2D eigenvalue weighted by atomic mass is 35.5. The van der Waals surface area contributed by atoms with E-state index in [1.807, 2.05) is 0 Å². The van der Waals surface area contributed by atoms with Crippen LogP contribution in [-0.4, -0.2) is 30.3 Å². The summed E-state index contributed by atoms with van der Waals surface area (Å²) in [5.74, 6) is -1.40. The maximum atomic E-state index is 11.8. The van der Waals surface area contributed by atoms with Crippen molar-refractivity contribution in [3.63, 3.8) is 0 Å². The highest BCUT2D eigenvalue weighted by Crippen LogP contribution is 2.18. The lowest BCUT2D eigenvalue weighted by atomic mass is 9.89. The van der Waals surface area contributed by atoms with Gasteiger partial charge in [0.25, 0.3) is 0 Å². The Balaban J connectivity index is 3.60. The van der Waals surface area contributed by atoms with Crippen LogP contribution in [0.3, 0.4) is 0 Å². The molecule has 0 bridgehead atoms. The van der Waals surface area contributed by atoms with Gasteiger partial charge in [0.15, 0.2) is 11.3 Å². The predicted molar refractivity (Wildman–Crippen MR) is 110 cm³/mol. The van der Waals surface area contributed by atoms with Gasteiger partial charge >= 0.3 is 5.97 Å². The summed E-state index contributed by atoms with van der Waals surface area (Å²) in [7, 11) is 1.25. The van der Waals surface area contributed by atoms with Crippen LogP contribution in [0.5, 0.6) is 0 Å². The van der Waals surface area contributed by atoms with Crippen molar-refractivity contribution < 1.29 is 14.3 Å². The molecule has 0 aliphatic carbocycles. The van der Waals surface area contributed by atoms with Gasteiger partial charge in [0.05, 0.1) is 13.0 Å². The second-order valence-electron chi connectivity index (χ2n) is 7.37. The maximum absolute atomic E-state index is 11.8. The van der Waals surface area contributed by atoms with E-state index in [4.69, 9.17) is 17.3 Å². The van der Waals surface area contributed by atoms with Crippen molar-refractivity contribution in [1.29, 1.82) is 0 Å². The molecule has 0 saturated heterocycles. The normalized spacial score (nSPS) is 13.4. The molecule has 1 atom stereocenters. The Morgan fingerprint density at radius 3 is 1.54 bits per heavy atom. The number of methoxy groups -OCH3 is 1. The van der Waals surface area contributed by atoms with Crippen molar-refractivity contribution in [2.45, 2.75) is 109 Å². The molecule has 26 heavy (non-hydrogen) atoms. The fourth-order valence-corrected chi connectivity index (χ4v) is 3.49. The number of Topliss-reactive ketones (excluding diaryl/α,β-unsaturated/α-hetero) is 1. The predicted octanol–water partition coefficient (Wildman–Crippen LogP) is 5.54. The van der Waals surface area contributed by atoms with E-state index in [-0.39, 0.29) is 5.88 Å². The number of carbonyl (C=O) groups is 2. The molecule has 0 saturated carbocycles. The number of ketones is 1. The maximum Gasteiger partial charge on any atom is 0.333 e. The van der Waals surface area contributed by atoms with Crippen LogP contribution in [-0.2, 0) is 14.3 Å². The molecule has 0 amide bonds. The number of alkyl halides is 1. The van der Waals surface area contributed by atoms with Gasteiger partial charge in [-0.25, -0.2) is 4.79 Å². The van der Waals surface area contributed by atoms with Crippen LogP contribution in [0.1, 0.15) is 103 Å². The van der Waals surface area contributed by atoms with E-state index in [1.54, 1.807) is 0 Å². The number of unbranched alkanes of at least 4 members (excludes halogenated alkanes) is 13. The SMILES string of the molecule is CCCCCCCCCCCCCCCCC(N)(C(=O)CCl)C(=O)OC. The molecule has 0 fully saturated rings. The zero-order valence-corrected chi connectivity index (χ0v) is 17.7. The second kappa shape index (κ2) is 16.6. The molecule has 2 N–H and O–H groups in total. The monoisotopic (exact) mass is 389 g/mol. The first-order valence-corrected chi connectivity index (χ1v) is 11.0. The Morgan fingerprint density at radius 1 is 0.808 bits per heavy atom. The van der Waals surface area contributed by atoms with Gasteiger partial charge in [-0.15, -0.1) is 11.6 Å². The van der Waals surface area contributed by atoms with E-state index in [9.17, 15) is 9.59 Å². The van der Waals surface area contributed by atoms with E-state index in [0.29, 0.717) is 6.42 Å². The molecule has 154 valence electrons. The smallest absolute Gasteiger partial charge is 0.333 e. The Bertz CT molecular complexity index is 358. The first-order chi connectivity index (χ1) is 12.5. The number of nitrogens with two attached hydrogens (primary N) is 1. The van der Waals surface area contributed by atoms with Crippen molar-refractivity contribution in [1.82, 2.24) is 0 Å². The topological polar surface area (TPSA) is 69.4 Å². The van der Waals surface area contributed by atoms with Gasteiger partial charge in [-0.3, -0.25) is 4.79 Å². The number of rotatable bonds is 18. The van der Waals surface area contributed by atoms with Gasteiger partial charge in [-0.2, -0.15) is 0 Å². The highest BCUT2D eigenvalue weighted by Gasteiger charge is 2.41. The lowest BCUT2D eigenvalue weighted by Gasteiger charge is -2.24. The minimum atomic E-state index is -1.58. The van der Waals surface area contributed by atoms with Crippen molar-refractivity contribution >= 4 is 23.4 Å². The van der Waals surface area contributed by atoms with E-state index < -0.39 is 17.3 Å². The second-order valence-corrected chi connectivity index (χ2v) is 7.63. The Hall–Kier alpha value is -0.610. The van der Waals surface area contributed by atoms with Crippen LogP contribution in [0.25, 0.3) is 0 Å². The third kappa shape index (κ3) is 11.2. The Labute approximate surface area is 165 Å². The Morgan fingerprint density at radius 2 is 1.19 bits per heavy atom. The lowest BCUT2D eigenvalue weighted by Crippen LogP contribution is -2.56. The summed E-state index contributed by atoms with van der Waals surface area (Å²) < 4.78 is 4.66. The minimum absolute atomic E-state index is 0.260. The fourth-order valence-electron chi connectivity index (χ4n) is 3.26. The van der Waals surface area contributed by atoms with E-state index in [2.05, 4.69) is 11.7 Å². The molecule has 0 aliphatic heterocycles. The zero-order valence-electron chi connectivity index (χ0n) is 17.0. The molecule has 0 aromatic rings. The van der Waals surface area contributed by atoms with Crippen molar-refractivity contribution in [3.8, 4) is 0 Å². The fraction of sp³-hybridized carbons (Fsp3) is 0.905. The molecular weight excluding hydrogens is 350 g/mol. The number of esters is 1. The molecule has 5 heteroatoms. The minimum Gasteiger partial charge on any atom is -0.467 e. The largest absolute Gasteiger partial charge is 0.467 e. The first-order valence-electron chi connectivity index (χ1n) is 10.5. The molecule has 4 nitrogen and oxygen atoms in total. The van der Waals surface area contributed by atoms with Crippen LogP contribution >= 0.6 is 11.6 Å². The lowest BCUT2D eigenvalue weighted by molar-refractivity contribution is -0.151. The van der Waals surface area contributed by atoms with Gasteiger partial charge in [0.1, 0.15) is 0 Å². The van der Waals surface area contributed by atoms with Crippen LogP contribution in [0.15, 0.2) is 0 Å². The van der Waals surface area contributed by atoms with Crippen molar-refractivity contribution in [2.75, 3.05) is 13.0 Å². The Kier molecular flexibility index (Phi) is 16.2. The average molecular weight is 390 g/mol. The van der Waals surface area contributed by atoms with E-state index >= 15 is 0 Å². The molecule has 0 radical (unpaired) electrons. The summed E-state index contributed by atoms with van der Waals surface area (Å²) in [6.07, 6.45) is 17.9. The standard InChI is InChI=1S/C21H40ClNO3/c1-3-4-5-6-7-8-9-10-11-12-13-14-15-16-17-21(23,19(24)18-22)20(25)26-2/h3-18,23H2,1-2H3. The van der Waals surface area contributed by atoms with E-state index in [0.717, 1.165) is 19.3 Å². The van der Waals surface area contributed by atoms with Gasteiger partial charge in [-0.05, 0) is 6.42 Å². The summed E-state index contributed by atoms with van der Waals surface area (Å²) in [5, 5.41) is 0. The quantitative estimate of drug-likeness (QED) is 0.145. The van der Waals surface area contributed by atoms with Gasteiger partial charge in [-0.1, -0.05) is 96.8 Å². The third-order valence-corrected chi connectivity index (χ3v) is 5.34. The van der Waals surface area contributed by atoms with Crippen LogP contribution in [0.4, 0.5) is 0 Å². The summed E-state index contributed by atoms with van der Waals surface area (Å²) in [5.41, 5.74) is 4.37. The third-order valence-electron chi connectivity index (χ3n) is 5.09. The molecule has 0 aromatic heterocycles. The van der Waals surface area contributed by atoms with E-state index in [1.165, 1.54) is 77.7 Å². The highest BCUT2D eigenvalue weighted by molar-refractivity contribution is 6.31. The molecule has 1 unspecified atom stereocenters. The summed E-state index contributed by atoms with van der Waals surface area (Å²) in [6, 6.07) is 0. The number of carbonyl (C=O) groups excluding carboxylic acids is 2. The number of ether oxygens (including phenoxy) is 1. The summed E-state index contributed by atoms with van der Waals surface area (Å²) in [6.45, 7) is 2.25. The van der Waals surface area contributed by atoms with Crippen molar-refractivity contribution in [2.24, 2.45) is 5.73 Å². The number of hydrogen-bond donors (Lipinski definition) is 1. The number of hydrogen-bond acceptors (Lipinski definition) is 4. The molecule has 0 rings (SSSR count). The molecule has 0 heterocycles. The van der Waals surface area contributed by atoms with Crippen molar-refractivity contribution in [3.05, 3.63) is 0 Å². The zero-order chi connectivity index (χ0) is 19.7. The molecule has 0 aromatic carbocycles. The molecular formula is C21H40ClNO3. The summed E-state index contributed by atoms with van der Waals surface area (Å²) in [4.78, 5) is 23.6. The van der Waals surface area contributed by atoms with Crippen LogP contribution in [0, 0.1) is 0 Å². The molecule has 0 aliphatic rings. The van der Waals surface area contributed by atoms with Gasteiger partial charge < -0.3 is 10.5 Å². The average Bonchev–Trinajstić information content (AvgIpc) is 2.66.